The van der Waals surface area contributed by atoms with Crippen LogP contribution < -0.4 is 9.80 Å². The Hall–Kier alpha value is -2.71. The third-order valence-electron chi connectivity index (χ3n) is 5.81. The van der Waals surface area contributed by atoms with Crippen molar-refractivity contribution in [3.63, 3.8) is 0 Å². The summed E-state index contributed by atoms with van der Waals surface area (Å²) in [6, 6.07) is 10.9. The summed E-state index contributed by atoms with van der Waals surface area (Å²) in [5.41, 5.74) is 1.67. The van der Waals surface area contributed by atoms with Gasteiger partial charge in [0.05, 0.1) is 11.1 Å². The van der Waals surface area contributed by atoms with Gasteiger partial charge in [0.15, 0.2) is 6.04 Å². The molecule has 0 spiro atoms. The van der Waals surface area contributed by atoms with Crippen molar-refractivity contribution in [2.75, 3.05) is 26.2 Å². The van der Waals surface area contributed by atoms with E-state index in [0.717, 1.165) is 38.5 Å². The molecule has 0 unspecified atom stereocenters. The van der Waals surface area contributed by atoms with E-state index in [-0.39, 0.29) is 17.4 Å². The maximum absolute atomic E-state index is 14.9. The quantitative estimate of drug-likeness (QED) is 0.622. The molecule has 1 saturated heterocycles. The number of rotatable bonds is 5. The molecule has 8 heteroatoms. The summed E-state index contributed by atoms with van der Waals surface area (Å²) in [4.78, 5) is 6.94. The lowest BCUT2D eigenvalue weighted by Crippen LogP contribution is -3.27. The molecule has 7 nitrogen and oxygen atoms in total. The van der Waals surface area contributed by atoms with Crippen LogP contribution in [0.4, 0.5) is 4.39 Å². The van der Waals surface area contributed by atoms with Gasteiger partial charge in [0.1, 0.15) is 38.5 Å². The number of benzene rings is 1. The predicted molar refractivity (Wildman–Crippen MR) is 110 cm³/mol. The standard InChI is InChI=1S/C22H28FN7/c1-22(2,3)30-21(25-26-27-30)20(18-6-4-5-7-19(18)23)29-14-12-28(13-15-29)16-17-8-10-24-11-9-17/h4-11,20H,12-16H2,1-3H3/p+2/t20-/m0/s1. The van der Waals surface area contributed by atoms with Crippen LogP contribution in [0.1, 0.15) is 43.8 Å². The van der Waals surface area contributed by atoms with Gasteiger partial charge in [-0.2, -0.15) is 0 Å². The van der Waals surface area contributed by atoms with Gasteiger partial charge in [-0.25, -0.2) is 9.07 Å². The number of quaternary nitrogens is 2. The van der Waals surface area contributed by atoms with E-state index in [0.29, 0.717) is 5.56 Å². The number of halogens is 1. The van der Waals surface area contributed by atoms with Crippen molar-refractivity contribution in [3.8, 4) is 0 Å². The van der Waals surface area contributed by atoms with Crippen LogP contribution in [0.5, 0.6) is 0 Å². The van der Waals surface area contributed by atoms with E-state index in [2.05, 4.69) is 53.4 Å². The maximum Gasteiger partial charge on any atom is 0.214 e. The number of nitrogens with zero attached hydrogens (tertiary/aromatic N) is 5. The fraction of sp³-hybridized carbons (Fsp3) is 0.455. The Morgan fingerprint density at radius 1 is 1.03 bits per heavy atom. The SMILES string of the molecule is CC(C)(C)n1nnnc1[C@H](c1ccccc1F)[NH+]1CC[NH+](Cc2ccncc2)CC1. The highest BCUT2D eigenvalue weighted by Crippen LogP contribution is 2.23. The zero-order valence-corrected chi connectivity index (χ0v) is 17.8. The summed E-state index contributed by atoms with van der Waals surface area (Å²) in [7, 11) is 0. The van der Waals surface area contributed by atoms with E-state index in [9.17, 15) is 4.39 Å². The molecular weight excluding hydrogens is 381 g/mol. The van der Waals surface area contributed by atoms with Gasteiger partial charge < -0.3 is 9.80 Å². The van der Waals surface area contributed by atoms with Gasteiger partial charge in [-0.15, -0.1) is 5.10 Å². The molecule has 2 aromatic heterocycles. The Morgan fingerprint density at radius 3 is 2.40 bits per heavy atom. The van der Waals surface area contributed by atoms with E-state index >= 15 is 0 Å². The summed E-state index contributed by atoms with van der Waals surface area (Å²) < 4.78 is 16.7. The summed E-state index contributed by atoms with van der Waals surface area (Å²) >= 11 is 0. The van der Waals surface area contributed by atoms with E-state index in [4.69, 9.17) is 0 Å². The molecule has 158 valence electrons. The van der Waals surface area contributed by atoms with E-state index in [1.165, 1.54) is 21.4 Å². The molecule has 3 heterocycles. The summed E-state index contributed by atoms with van der Waals surface area (Å²) in [5.74, 6) is 0.519. The van der Waals surface area contributed by atoms with Gasteiger partial charge in [0, 0.05) is 18.0 Å². The average Bonchev–Trinajstić information content (AvgIpc) is 3.22. The Kier molecular flexibility index (Phi) is 5.87. The Morgan fingerprint density at radius 2 is 1.73 bits per heavy atom. The first-order valence-electron chi connectivity index (χ1n) is 10.5. The van der Waals surface area contributed by atoms with Crippen LogP contribution in [-0.4, -0.2) is 51.4 Å². The highest BCUT2D eigenvalue weighted by molar-refractivity contribution is 5.24. The van der Waals surface area contributed by atoms with Crippen LogP contribution in [0.15, 0.2) is 48.8 Å². The van der Waals surface area contributed by atoms with Crippen LogP contribution in [0.3, 0.4) is 0 Å². The minimum absolute atomic E-state index is 0.204. The van der Waals surface area contributed by atoms with Gasteiger partial charge >= 0.3 is 0 Å². The molecule has 1 fully saturated rings. The van der Waals surface area contributed by atoms with E-state index < -0.39 is 0 Å². The highest BCUT2D eigenvalue weighted by atomic mass is 19.1. The van der Waals surface area contributed by atoms with E-state index in [1.807, 2.05) is 29.2 Å². The van der Waals surface area contributed by atoms with Crippen LogP contribution in [0, 0.1) is 5.82 Å². The van der Waals surface area contributed by atoms with Gasteiger partial charge in [-0.1, -0.05) is 12.1 Å². The second-order valence-electron chi connectivity index (χ2n) is 9.01. The minimum Gasteiger partial charge on any atom is -0.322 e. The predicted octanol–water partition coefficient (Wildman–Crippen LogP) is 0.0352. The molecule has 1 aromatic carbocycles. The summed E-state index contributed by atoms with van der Waals surface area (Å²) in [6.07, 6.45) is 3.69. The molecule has 0 aliphatic carbocycles. The zero-order valence-electron chi connectivity index (χ0n) is 17.8. The first-order chi connectivity index (χ1) is 14.4. The minimum atomic E-state index is -0.282. The van der Waals surface area contributed by atoms with Crippen LogP contribution in [-0.2, 0) is 12.1 Å². The van der Waals surface area contributed by atoms with Crippen molar-refractivity contribution in [1.82, 2.24) is 25.2 Å². The molecule has 1 aliphatic rings. The Balaban J connectivity index is 1.59. The summed E-state index contributed by atoms with van der Waals surface area (Å²) in [5, 5.41) is 12.5. The Labute approximate surface area is 176 Å². The van der Waals surface area contributed by atoms with Gasteiger partial charge in [-0.3, -0.25) is 4.98 Å². The molecule has 0 bridgehead atoms. The van der Waals surface area contributed by atoms with Crippen molar-refractivity contribution >= 4 is 0 Å². The molecular formula is C22H30FN7+2. The number of aromatic nitrogens is 5. The molecule has 0 radical (unpaired) electrons. The highest BCUT2D eigenvalue weighted by Gasteiger charge is 2.38. The topological polar surface area (TPSA) is 65.4 Å². The molecule has 2 N–H and O–H groups in total. The van der Waals surface area contributed by atoms with Gasteiger partial charge in [-0.05, 0) is 55.5 Å². The lowest BCUT2D eigenvalue weighted by Gasteiger charge is -2.35. The van der Waals surface area contributed by atoms with Crippen LogP contribution in [0.2, 0.25) is 0 Å². The molecule has 4 rings (SSSR count). The number of hydrogen-bond donors (Lipinski definition) is 2. The van der Waals surface area contributed by atoms with Crippen LogP contribution >= 0.6 is 0 Å². The number of tetrazole rings is 1. The molecule has 1 aliphatic heterocycles. The van der Waals surface area contributed by atoms with Crippen LogP contribution in [0.25, 0.3) is 0 Å². The first kappa shape index (κ1) is 20.6. The first-order valence-corrected chi connectivity index (χ1v) is 10.5. The lowest BCUT2D eigenvalue weighted by molar-refractivity contribution is -1.03. The fourth-order valence-electron chi connectivity index (χ4n) is 4.28. The largest absolute Gasteiger partial charge is 0.322 e. The number of hydrogen-bond acceptors (Lipinski definition) is 4. The third-order valence-corrected chi connectivity index (χ3v) is 5.81. The van der Waals surface area contributed by atoms with Crippen molar-refractivity contribution in [3.05, 3.63) is 71.6 Å². The van der Waals surface area contributed by atoms with Crippen molar-refractivity contribution in [2.24, 2.45) is 0 Å². The summed E-state index contributed by atoms with van der Waals surface area (Å²) in [6.45, 7) is 11.1. The van der Waals surface area contributed by atoms with Gasteiger partial charge in [0.25, 0.3) is 0 Å². The third kappa shape index (κ3) is 4.39. The Bertz CT molecular complexity index is 959. The smallest absolute Gasteiger partial charge is 0.214 e. The van der Waals surface area contributed by atoms with Gasteiger partial charge in [0.2, 0.25) is 5.82 Å². The molecule has 3 aromatic rings. The number of nitrogens with one attached hydrogen (secondary N) is 2. The zero-order chi connectivity index (χ0) is 21.1. The molecule has 30 heavy (non-hydrogen) atoms. The molecule has 0 amide bonds. The van der Waals surface area contributed by atoms with E-state index in [1.54, 1.807) is 6.07 Å². The second-order valence-corrected chi connectivity index (χ2v) is 9.01. The maximum atomic E-state index is 14.9. The van der Waals surface area contributed by atoms with Crippen molar-refractivity contribution in [2.45, 2.75) is 38.9 Å². The normalized spacial score (nSPS) is 20.8. The number of piperazine rings is 1. The van der Waals surface area contributed by atoms with Crippen molar-refractivity contribution in [1.29, 1.82) is 0 Å². The fourth-order valence-corrected chi connectivity index (χ4v) is 4.28. The monoisotopic (exact) mass is 411 g/mol. The molecule has 1 atom stereocenters. The molecule has 0 saturated carbocycles. The average molecular weight is 412 g/mol. The lowest BCUT2D eigenvalue weighted by atomic mass is 10.0. The number of pyridine rings is 1. The second kappa shape index (κ2) is 8.57. The van der Waals surface area contributed by atoms with Crippen molar-refractivity contribution < 1.29 is 14.2 Å².